The van der Waals surface area contributed by atoms with Crippen LogP contribution >= 0.6 is 0 Å². The molecule has 4 aliphatic carbocycles. The normalized spacial score (nSPS) is 42.1. The summed E-state index contributed by atoms with van der Waals surface area (Å²) in [5.74, 6) is 0.953. The quantitative estimate of drug-likeness (QED) is 0.845. The summed E-state index contributed by atoms with van der Waals surface area (Å²) in [6.07, 6.45) is 5.29. The summed E-state index contributed by atoms with van der Waals surface area (Å²) in [6.45, 7) is 0. The topological polar surface area (TPSA) is 71.4 Å². The van der Waals surface area contributed by atoms with Crippen LogP contribution in [0.4, 0.5) is 0 Å². The third-order valence-corrected chi connectivity index (χ3v) is 7.53. The standard InChI is InChI=1S/C13H20O4S/c14-12(15)1-2-18(16,17)13-10-4-8-3-9(6-10)7-11(13)5-8/h8-11,13H,1-7H2,(H,14,15). The fourth-order valence-electron chi connectivity index (χ4n) is 4.83. The predicted octanol–water partition coefficient (Wildman–Crippen LogP) is 1.70. The number of aliphatic carboxylic acids is 1. The number of hydrogen-bond acceptors (Lipinski definition) is 3. The molecular formula is C13H20O4S. The van der Waals surface area contributed by atoms with Gasteiger partial charge in [-0.1, -0.05) is 0 Å². The van der Waals surface area contributed by atoms with Crippen LogP contribution in [0, 0.1) is 23.7 Å². The summed E-state index contributed by atoms with van der Waals surface area (Å²) in [5.41, 5.74) is 0. The Kier molecular flexibility index (Phi) is 2.92. The molecule has 0 atom stereocenters. The van der Waals surface area contributed by atoms with Gasteiger partial charge in [-0.15, -0.1) is 0 Å². The highest BCUT2D eigenvalue weighted by molar-refractivity contribution is 7.92. The van der Waals surface area contributed by atoms with Crippen LogP contribution in [0.1, 0.15) is 38.5 Å². The van der Waals surface area contributed by atoms with E-state index >= 15 is 0 Å². The lowest BCUT2D eigenvalue weighted by Crippen LogP contribution is -2.52. The molecule has 1 N–H and O–H groups in total. The van der Waals surface area contributed by atoms with E-state index in [1.807, 2.05) is 0 Å². The molecule has 4 aliphatic rings. The molecule has 4 fully saturated rings. The first-order valence-corrected chi connectivity index (χ1v) is 8.60. The van der Waals surface area contributed by atoms with Gasteiger partial charge in [0.05, 0.1) is 17.4 Å². The lowest BCUT2D eigenvalue weighted by Gasteiger charge is -2.53. The number of hydrogen-bond donors (Lipinski definition) is 1. The number of rotatable bonds is 4. The fourth-order valence-corrected chi connectivity index (χ4v) is 7.18. The smallest absolute Gasteiger partial charge is 0.304 e. The Morgan fingerprint density at radius 3 is 1.94 bits per heavy atom. The molecule has 0 aromatic rings. The van der Waals surface area contributed by atoms with Crippen LogP contribution in [-0.2, 0) is 14.6 Å². The lowest BCUT2D eigenvalue weighted by atomic mass is 9.56. The van der Waals surface area contributed by atoms with E-state index in [1.54, 1.807) is 0 Å². The van der Waals surface area contributed by atoms with E-state index in [-0.39, 0.29) is 17.4 Å². The second-order valence-corrected chi connectivity index (χ2v) is 8.68. The minimum absolute atomic E-state index is 0.171. The molecule has 4 rings (SSSR count). The average Bonchev–Trinajstić information content (AvgIpc) is 2.24. The molecule has 4 nitrogen and oxygen atoms in total. The monoisotopic (exact) mass is 272 g/mol. The largest absolute Gasteiger partial charge is 0.481 e. The molecule has 0 saturated heterocycles. The van der Waals surface area contributed by atoms with Gasteiger partial charge in [-0.25, -0.2) is 8.42 Å². The van der Waals surface area contributed by atoms with E-state index in [9.17, 15) is 13.2 Å². The second kappa shape index (κ2) is 4.22. The van der Waals surface area contributed by atoms with Crippen LogP contribution in [0.15, 0.2) is 0 Å². The van der Waals surface area contributed by atoms with Crippen molar-refractivity contribution in [3.05, 3.63) is 0 Å². The number of sulfone groups is 1. The highest BCUT2D eigenvalue weighted by atomic mass is 32.2. The Balaban J connectivity index is 1.78. The first kappa shape index (κ1) is 12.5. The molecule has 0 spiro atoms. The van der Waals surface area contributed by atoms with Crippen molar-refractivity contribution in [2.45, 2.75) is 43.8 Å². The molecule has 0 aromatic heterocycles. The maximum atomic E-state index is 12.4. The molecule has 4 bridgehead atoms. The zero-order valence-corrected chi connectivity index (χ0v) is 11.2. The molecule has 5 heteroatoms. The minimum Gasteiger partial charge on any atom is -0.481 e. The van der Waals surface area contributed by atoms with Gasteiger partial charge in [0.25, 0.3) is 0 Å². The molecule has 102 valence electrons. The van der Waals surface area contributed by atoms with Gasteiger partial charge in [-0.3, -0.25) is 4.79 Å². The van der Waals surface area contributed by atoms with Gasteiger partial charge in [0.15, 0.2) is 9.84 Å². The van der Waals surface area contributed by atoms with Crippen LogP contribution in [0.5, 0.6) is 0 Å². The Morgan fingerprint density at radius 1 is 1.00 bits per heavy atom. The molecule has 0 unspecified atom stereocenters. The van der Waals surface area contributed by atoms with Gasteiger partial charge in [0, 0.05) is 0 Å². The number of carboxylic acids is 1. The van der Waals surface area contributed by atoms with E-state index < -0.39 is 15.8 Å². The van der Waals surface area contributed by atoms with Crippen LogP contribution in [0.2, 0.25) is 0 Å². The van der Waals surface area contributed by atoms with Crippen molar-refractivity contribution >= 4 is 15.8 Å². The minimum atomic E-state index is -3.22. The van der Waals surface area contributed by atoms with Crippen LogP contribution < -0.4 is 0 Å². The molecule has 0 heterocycles. The van der Waals surface area contributed by atoms with Crippen molar-refractivity contribution in [3.63, 3.8) is 0 Å². The zero-order chi connectivity index (χ0) is 12.9. The van der Waals surface area contributed by atoms with Crippen molar-refractivity contribution in [3.8, 4) is 0 Å². The average molecular weight is 272 g/mol. The first-order chi connectivity index (χ1) is 8.45. The second-order valence-electron chi connectivity index (χ2n) is 6.41. The first-order valence-electron chi connectivity index (χ1n) is 6.89. The Hall–Kier alpha value is -0.580. The maximum Gasteiger partial charge on any atom is 0.304 e. The molecule has 0 aliphatic heterocycles. The van der Waals surface area contributed by atoms with Gasteiger partial charge in [-0.2, -0.15) is 0 Å². The maximum absolute atomic E-state index is 12.4. The highest BCUT2D eigenvalue weighted by Gasteiger charge is 2.52. The molecule has 0 radical (unpaired) electrons. The van der Waals surface area contributed by atoms with E-state index in [0.29, 0.717) is 11.8 Å². The molecule has 18 heavy (non-hydrogen) atoms. The third-order valence-electron chi connectivity index (χ3n) is 5.16. The SMILES string of the molecule is O=C(O)CCS(=O)(=O)C1C2CC3CC(C2)CC1C3. The van der Waals surface area contributed by atoms with Crippen molar-refractivity contribution in [2.75, 3.05) is 5.75 Å². The van der Waals surface area contributed by atoms with Crippen molar-refractivity contribution in [1.29, 1.82) is 0 Å². The summed E-state index contributed by atoms with van der Waals surface area (Å²) >= 11 is 0. The number of carbonyl (C=O) groups is 1. The summed E-state index contributed by atoms with van der Waals surface area (Å²) in [6, 6.07) is 0. The summed E-state index contributed by atoms with van der Waals surface area (Å²) in [7, 11) is -3.22. The van der Waals surface area contributed by atoms with Crippen LogP contribution in [0.25, 0.3) is 0 Å². The molecule has 4 saturated carbocycles. The van der Waals surface area contributed by atoms with Gasteiger partial charge < -0.3 is 5.11 Å². The van der Waals surface area contributed by atoms with Crippen molar-refractivity contribution < 1.29 is 18.3 Å². The molecule has 0 aromatic carbocycles. The van der Waals surface area contributed by atoms with Crippen LogP contribution in [0.3, 0.4) is 0 Å². The summed E-state index contributed by atoms with van der Waals surface area (Å²) < 4.78 is 24.7. The Labute approximate surface area is 108 Å². The van der Waals surface area contributed by atoms with E-state index in [0.717, 1.165) is 37.5 Å². The Bertz CT molecular complexity index is 426. The van der Waals surface area contributed by atoms with Gasteiger partial charge in [-0.05, 0) is 55.8 Å². The number of carboxylic acid groups (broad SMARTS) is 1. The van der Waals surface area contributed by atoms with Gasteiger partial charge in [0.2, 0.25) is 0 Å². The predicted molar refractivity (Wildman–Crippen MR) is 66.9 cm³/mol. The zero-order valence-electron chi connectivity index (χ0n) is 10.4. The highest BCUT2D eigenvalue weighted by Crippen LogP contribution is 2.55. The Morgan fingerprint density at radius 2 is 1.50 bits per heavy atom. The van der Waals surface area contributed by atoms with Crippen molar-refractivity contribution in [1.82, 2.24) is 0 Å². The van der Waals surface area contributed by atoms with Crippen LogP contribution in [-0.4, -0.2) is 30.5 Å². The lowest BCUT2D eigenvalue weighted by molar-refractivity contribution is -0.136. The summed E-state index contributed by atoms with van der Waals surface area (Å²) in [5, 5.41) is 8.43. The molecule has 0 amide bonds. The van der Waals surface area contributed by atoms with Gasteiger partial charge in [0.1, 0.15) is 0 Å². The van der Waals surface area contributed by atoms with E-state index in [1.165, 1.54) is 6.42 Å². The summed E-state index contributed by atoms with van der Waals surface area (Å²) in [4.78, 5) is 10.6. The van der Waals surface area contributed by atoms with Gasteiger partial charge >= 0.3 is 5.97 Å². The molecular weight excluding hydrogens is 252 g/mol. The van der Waals surface area contributed by atoms with Crippen molar-refractivity contribution in [2.24, 2.45) is 23.7 Å². The van der Waals surface area contributed by atoms with E-state index in [2.05, 4.69) is 0 Å². The van der Waals surface area contributed by atoms with E-state index in [4.69, 9.17) is 5.11 Å². The third kappa shape index (κ3) is 2.06. The fraction of sp³-hybridized carbons (Fsp3) is 0.923.